The van der Waals surface area contributed by atoms with E-state index in [1.807, 2.05) is 18.2 Å². The topological polar surface area (TPSA) is 62.3 Å². The first-order chi connectivity index (χ1) is 8.66. The van der Waals surface area contributed by atoms with Gasteiger partial charge in [-0.05, 0) is 25.1 Å². The number of thiazole rings is 1. The van der Waals surface area contributed by atoms with E-state index >= 15 is 0 Å². The van der Waals surface area contributed by atoms with Crippen molar-refractivity contribution < 1.29 is 9.59 Å². The lowest BCUT2D eigenvalue weighted by molar-refractivity contribution is -0.130. The second-order valence-corrected chi connectivity index (χ2v) is 5.05. The van der Waals surface area contributed by atoms with Gasteiger partial charge in [-0.15, -0.1) is 11.3 Å². The molecule has 2 aromatic rings. The predicted octanol–water partition coefficient (Wildman–Crippen LogP) is 1.15. The number of amides is 2. The highest BCUT2D eigenvalue weighted by Crippen LogP contribution is 2.26. The van der Waals surface area contributed by atoms with E-state index in [0.717, 1.165) is 15.9 Å². The number of nitrogens with one attached hydrogen (secondary N) is 1. The molecule has 1 fully saturated rings. The van der Waals surface area contributed by atoms with Gasteiger partial charge < -0.3 is 5.32 Å². The van der Waals surface area contributed by atoms with Crippen LogP contribution in [0, 0.1) is 0 Å². The van der Waals surface area contributed by atoms with Gasteiger partial charge in [0, 0.05) is 5.69 Å². The van der Waals surface area contributed by atoms with Crippen LogP contribution in [0.3, 0.4) is 0 Å². The number of nitrogens with zero attached hydrogens (tertiary/aromatic N) is 2. The fourth-order valence-corrected chi connectivity index (χ4v) is 2.80. The van der Waals surface area contributed by atoms with Crippen LogP contribution in [0.15, 0.2) is 23.7 Å². The highest BCUT2D eigenvalue weighted by molar-refractivity contribution is 7.16. The van der Waals surface area contributed by atoms with Crippen molar-refractivity contribution >= 4 is 39.1 Å². The molecule has 0 aliphatic carbocycles. The number of aromatic nitrogens is 1. The summed E-state index contributed by atoms with van der Waals surface area (Å²) in [5.41, 5.74) is 3.42. The van der Waals surface area contributed by atoms with Gasteiger partial charge >= 0.3 is 0 Å². The lowest BCUT2D eigenvalue weighted by atomic mass is 10.1. The van der Waals surface area contributed by atoms with Gasteiger partial charge in [-0.1, -0.05) is 0 Å². The lowest BCUT2D eigenvalue weighted by Crippen LogP contribution is -2.57. The molecule has 1 aliphatic heterocycles. The molecule has 1 aromatic carbocycles. The Hall–Kier alpha value is -1.95. The third-order valence-corrected chi connectivity index (χ3v) is 3.83. The summed E-state index contributed by atoms with van der Waals surface area (Å²) in [6.07, 6.45) is 0. The van der Waals surface area contributed by atoms with Crippen LogP contribution in [0.25, 0.3) is 10.2 Å². The minimum absolute atomic E-state index is 0.0594. The molecule has 1 unspecified atom stereocenters. The number of fused-ring (bicyclic) bond motifs is 1. The number of piperazine rings is 1. The van der Waals surface area contributed by atoms with Gasteiger partial charge in [0.1, 0.15) is 6.04 Å². The maximum absolute atomic E-state index is 11.9. The van der Waals surface area contributed by atoms with Crippen LogP contribution in [0.5, 0.6) is 0 Å². The summed E-state index contributed by atoms with van der Waals surface area (Å²) >= 11 is 1.52. The average molecular weight is 261 g/mol. The quantitative estimate of drug-likeness (QED) is 0.837. The van der Waals surface area contributed by atoms with Crippen LogP contribution < -0.4 is 10.2 Å². The van der Waals surface area contributed by atoms with Crippen molar-refractivity contribution in [1.29, 1.82) is 0 Å². The van der Waals surface area contributed by atoms with Crippen molar-refractivity contribution in [3.8, 4) is 0 Å². The lowest BCUT2D eigenvalue weighted by Gasteiger charge is -2.32. The Morgan fingerprint density at radius 2 is 2.28 bits per heavy atom. The van der Waals surface area contributed by atoms with Gasteiger partial charge in [-0.2, -0.15) is 0 Å². The molecule has 2 amide bonds. The molecule has 18 heavy (non-hydrogen) atoms. The molecule has 2 heterocycles. The van der Waals surface area contributed by atoms with E-state index < -0.39 is 6.04 Å². The number of benzene rings is 1. The molecule has 1 N–H and O–H groups in total. The van der Waals surface area contributed by atoms with E-state index in [0.29, 0.717) is 0 Å². The Morgan fingerprint density at radius 1 is 1.44 bits per heavy atom. The Balaban J connectivity index is 2.06. The highest BCUT2D eigenvalue weighted by Gasteiger charge is 2.32. The molecule has 0 radical (unpaired) electrons. The molecule has 0 bridgehead atoms. The molecular formula is C12H11N3O2S. The molecule has 1 atom stereocenters. The third kappa shape index (κ3) is 1.65. The number of anilines is 1. The molecule has 3 rings (SSSR count). The third-order valence-electron chi connectivity index (χ3n) is 3.04. The summed E-state index contributed by atoms with van der Waals surface area (Å²) in [7, 11) is 0. The van der Waals surface area contributed by atoms with E-state index in [1.54, 1.807) is 12.4 Å². The van der Waals surface area contributed by atoms with Crippen LogP contribution in [-0.2, 0) is 9.59 Å². The van der Waals surface area contributed by atoms with Crippen molar-refractivity contribution in [2.45, 2.75) is 13.0 Å². The standard InChI is InChI=1S/C12H11N3O2S/c1-7-12(17)13-5-11(16)15(7)8-2-3-9-10(4-8)18-6-14-9/h2-4,6-7H,5H2,1H3,(H,13,17). The smallest absolute Gasteiger partial charge is 0.247 e. The van der Waals surface area contributed by atoms with Crippen LogP contribution in [0.1, 0.15) is 6.92 Å². The van der Waals surface area contributed by atoms with Crippen molar-refractivity contribution in [3.05, 3.63) is 23.7 Å². The van der Waals surface area contributed by atoms with Crippen LogP contribution in [0.2, 0.25) is 0 Å². The van der Waals surface area contributed by atoms with E-state index in [1.165, 1.54) is 16.2 Å². The van der Waals surface area contributed by atoms with Gasteiger partial charge in [-0.3, -0.25) is 14.5 Å². The zero-order valence-corrected chi connectivity index (χ0v) is 10.5. The van der Waals surface area contributed by atoms with Crippen molar-refractivity contribution in [1.82, 2.24) is 10.3 Å². The minimum Gasteiger partial charge on any atom is -0.345 e. The zero-order chi connectivity index (χ0) is 12.7. The Kier molecular flexibility index (Phi) is 2.52. The fourth-order valence-electron chi connectivity index (χ4n) is 2.09. The summed E-state index contributed by atoms with van der Waals surface area (Å²) in [5, 5.41) is 2.57. The second-order valence-electron chi connectivity index (χ2n) is 4.16. The predicted molar refractivity (Wildman–Crippen MR) is 69.6 cm³/mol. The van der Waals surface area contributed by atoms with E-state index in [2.05, 4.69) is 10.3 Å². The molecule has 92 valence electrons. The summed E-state index contributed by atoms with van der Waals surface area (Å²) < 4.78 is 1.01. The number of carbonyl (C=O) groups is 2. The SMILES string of the molecule is CC1C(=O)NCC(=O)N1c1ccc2ncsc2c1. The first-order valence-electron chi connectivity index (χ1n) is 5.60. The molecule has 1 saturated heterocycles. The van der Waals surface area contributed by atoms with Gasteiger partial charge in [0.15, 0.2) is 0 Å². The van der Waals surface area contributed by atoms with Gasteiger partial charge in [0.05, 0.1) is 22.3 Å². The summed E-state index contributed by atoms with van der Waals surface area (Å²) in [6.45, 7) is 1.78. The highest BCUT2D eigenvalue weighted by atomic mass is 32.1. The van der Waals surface area contributed by atoms with Gasteiger partial charge in [0.25, 0.3) is 0 Å². The van der Waals surface area contributed by atoms with Crippen LogP contribution in [0.4, 0.5) is 5.69 Å². The molecule has 5 nitrogen and oxygen atoms in total. The molecule has 6 heteroatoms. The number of carbonyl (C=O) groups excluding carboxylic acids is 2. The Morgan fingerprint density at radius 3 is 3.11 bits per heavy atom. The van der Waals surface area contributed by atoms with E-state index in [9.17, 15) is 9.59 Å². The van der Waals surface area contributed by atoms with Crippen LogP contribution in [-0.4, -0.2) is 29.4 Å². The van der Waals surface area contributed by atoms with E-state index in [4.69, 9.17) is 0 Å². The van der Waals surface area contributed by atoms with Crippen LogP contribution >= 0.6 is 11.3 Å². The average Bonchev–Trinajstić information content (AvgIpc) is 2.82. The molecule has 0 spiro atoms. The van der Waals surface area contributed by atoms with Gasteiger partial charge in [0.2, 0.25) is 11.8 Å². The number of rotatable bonds is 1. The maximum atomic E-state index is 11.9. The first-order valence-corrected chi connectivity index (χ1v) is 6.48. The van der Waals surface area contributed by atoms with Gasteiger partial charge in [-0.25, -0.2) is 4.98 Å². The number of hydrogen-bond donors (Lipinski definition) is 1. The van der Waals surface area contributed by atoms with E-state index in [-0.39, 0.29) is 18.4 Å². The monoisotopic (exact) mass is 261 g/mol. The molecular weight excluding hydrogens is 250 g/mol. The molecule has 0 saturated carbocycles. The molecule has 1 aliphatic rings. The maximum Gasteiger partial charge on any atom is 0.247 e. The first kappa shape index (κ1) is 11.2. The second kappa shape index (κ2) is 4.06. The zero-order valence-electron chi connectivity index (χ0n) is 9.71. The Bertz CT molecular complexity index is 637. The van der Waals surface area contributed by atoms with Crippen molar-refractivity contribution in [2.24, 2.45) is 0 Å². The Labute approximate surface area is 107 Å². The summed E-state index contributed by atoms with van der Waals surface area (Å²) in [4.78, 5) is 29.3. The normalized spacial score (nSPS) is 20.3. The summed E-state index contributed by atoms with van der Waals surface area (Å²) in [6, 6.07) is 5.12. The minimum atomic E-state index is -0.475. The number of hydrogen-bond acceptors (Lipinski definition) is 4. The molecule has 1 aromatic heterocycles. The summed E-state index contributed by atoms with van der Waals surface area (Å²) in [5.74, 6) is -0.218. The van der Waals surface area contributed by atoms with Crippen molar-refractivity contribution in [2.75, 3.05) is 11.4 Å². The van der Waals surface area contributed by atoms with Crippen molar-refractivity contribution in [3.63, 3.8) is 0 Å². The largest absolute Gasteiger partial charge is 0.345 e. The fraction of sp³-hybridized carbons (Fsp3) is 0.250.